The van der Waals surface area contributed by atoms with E-state index in [0.29, 0.717) is 5.82 Å². The van der Waals surface area contributed by atoms with Gasteiger partial charge in [-0.2, -0.15) is 0 Å². The molecule has 6 heteroatoms. The highest BCUT2D eigenvalue weighted by Crippen LogP contribution is 2.13. The van der Waals surface area contributed by atoms with Crippen LogP contribution in [0.3, 0.4) is 0 Å². The molecule has 1 heterocycles. The van der Waals surface area contributed by atoms with Gasteiger partial charge in [0.05, 0.1) is 37.4 Å². The minimum absolute atomic E-state index is 0.394. The molecule has 0 bridgehead atoms. The largest absolute Gasteiger partial charge is 0.394 e. The molecule has 6 nitrogen and oxygen atoms in total. The van der Waals surface area contributed by atoms with Gasteiger partial charge in [-0.05, 0) is 13.8 Å². The van der Waals surface area contributed by atoms with Crippen molar-refractivity contribution in [3.8, 4) is 0 Å². The second-order valence-electron chi connectivity index (χ2n) is 3.81. The van der Waals surface area contributed by atoms with Gasteiger partial charge in [0.15, 0.2) is 0 Å². The van der Waals surface area contributed by atoms with Crippen LogP contribution in [0.4, 0.5) is 5.82 Å². The Labute approximate surface area is 94.0 Å². The van der Waals surface area contributed by atoms with E-state index in [2.05, 4.69) is 15.3 Å². The molecule has 0 spiro atoms. The molecule has 1 rings (SSSR count). The first kappa shape index (κ1) is 12.8. The highest BCUT2D eigenvalue weighted by atomic mass is 16.3. The van der Waals surface area contributed by atoms with E-state index in [9.17, 15) is 0 Å². The Morgan fingerprint density at radius 1 is 1.12 bits per heavy atom. The monoisotopic (exact) mass is 227 g/mol. The van der Waals surface area contributed by atoms with Gasteiger partial charge in [-0.25, -0.2) is 4.98 Å². The van der Waals surface area contributed by atoms with Crippen LogP contribution in [0.5, 0.6) is 0 Å². The minimum Gasteiger partial charge on any atom is -0.394 e. The van der Waals surface area contributed by atoms with Crippen molar-refractivity contribution in [2.45, 2.75) is 19.4 Å². The maximum absolute atomic E-state index is 9.13. The molecule has 1 aromatic rings. The van der Waals surface area contributed by atoms with Crippen molar-refractivity contribution in [2.75, 3.05) is 25.1 Å². The Morgan fingerprint density at radius 2 is 1.69 bits per heavy atom. The Bertz CT molecular complexity index is 345. The van der Waals surface area contributed by atoms with E-state index in [-0.39, 0.29) is 0 Å². The summed E-state index contributed by atoms with van der Waals surface area (Å²) in [6.07, 6.45) is 1.50. The number of aryl methyl sites for hydroxylation is 2. The van der Waals surface area contributed by atoms with Crippen molar-refractivity contribution in [3.63, 3.8) is 0 Å². The second kappa shape index (κ2) is 5.20. The molecule has 0 aliphatic carbocycles. The number of aromatic nitrogens is 2. The average molecular weight is 227 g/mol. The number of nitrogens with one attached hydrogen (secondary N) is 1. The number of anilines is 1. The number of nitrogens with zero attached hydrogens (tertiary/aromatic N) is 2. The standard InChI is InChI=1S/C10H17N3O3/c1-7-8(2)12-9(3-11-7)13-10(4-14,5-15)6-16/h3,14-16H,4-6H2,1-2H3,(H,12,13). The molecule has 0 atom stereocenters. The van der Waals surface area contributed by atoms with Gasteiger partial charge in [0, 0.05) is 0 Å². The lowest BCUT2D eigenvalue weighted by molar-refractivity contribution is 0.0830. The molecular formula is C10H17N3O3. The van der Waals surface area contributed by atoms with Crippen molar-refractivity contribution in [2.24, 2.45) is 0 Å². The molecule has 0 saturated carbocycles. The van der Waals surface area contributed by atoms with E-state index in [1.165, 1.54) is 6.20 Å². The molecule has 0 saturated heterocycles. The molecule has 0 amide bonds. The molecule has 1 aromatic heterocycles. The predicted molar refractivity (Wildman–Crippen MR) is 59.1 cm³/mol. The highest BCUT2D eigenvalue weighted by molar-refractivity contribution is 5.37. The number of aliphatic hydroxyl groups is 3. The summed E-state index contributed by atoms with van der Waals surface area (Å²) in [5.41, 5.74) is 0.400. The normalized spacial score (nSPS) is 11.6. The maximum Gasteiger partial charge on any atom is 0.145 e. The molecule has 0 fully saturated rings. The van der Waals surface area contributed by atoms with Gasteiger partial charge in [-0.3, -0.25) is 4.98 Å². The fraction of sp³-hybridized carbons (Fsp3) is 0.600. The Hall–Kier alpha value is -1.24. The Morgan fingerprint density at radius 3 is 2.12 bits per heavy atom. The van der Waals surface area contributed by atoms with Crippen LogP contribution in [0.15, 0.2) is 6.20 Å². The van der Waals surface area contributed by atoms with Crippen LogP contribution >= 0.6 is 0 Å². The van der Waals surface area contributed by atoms with Crippen LogP contribution < -0.4 is 5.32 Å². The van der Waals surface area contributed by atoms with Gasteiger partial charge < -0.3 is 20.6 Å². The Kier molecular flexibility index (Phi) is 4.17. The summed E-state index contributed by atoms with van der Waals surface area (Å²) in [6, 6.07) is 0. The van der Waals surface area contributed by atoms with E-state index in [1.807, 2.05) is 13.8 Å². The maximum atomic E-state index is 9.13. The zero-order valence-electron chi connectivity index (χ0n) is 9.43. The molecule has 0 aromatic carbocycles. The lowest BCUT2D eigenvalue weighted by atomic mass is 10.0. The van der Waals surface area contributed by atoms with Gasteiger partial charge in [0.2, 0.25) is 0 Å². The van der Waals surface area contributed by atoms with Gasteiger partial charge in [-0.15, -0.1) is 0 Å². The first-order valence-electron chi connectivity index (χ1n) is 4.98. The molecule has 0 unspecified atom stereocenters. The first-order chi connectivity index (χ1) is 7.56. The molecule has 4 N–H and O–H groups in total. The van der Waals surface area contributed by atoms with Crippen LogP contribution in [-0.2, 0) is 0 Å². The molecular weight excluding hydrogens is 210 g/mol. The van der Waals surface area contributed by atoms with Gasteiger partial charge in [0.1, 0.15) is 11.4 Å². The van der Waals surface area contributed by atoms with E-state index in [0.717, 1.165) is 11.4 Å². The van der Waals surface area contributed by atoms with Crippen LogP contribution in [0.2, 0.25) is 0 Å². The summed E-state index contributed by atoms with van der Waals surface area (Å²) in [6.45, 7) is 2.47. The number of aliphatic hydroxyl groups excluding tert-OH is 3. The van der Waals surface area contributed by atoms with E-state index in [1.54, 1.807) is 0 Å². The topological polar surface area (TPSA) is 98.5 Å². The van der Waals surface area contributed by atoms with E-state index >= 15 is 0 Å². The lowest BCUT2D eigenvalue weighted by Gasteiger charge is -2.29. The van der Waals surface area contributed by atoms with Gasteiger partial charge in [0.25, 0.3) is 0 Å². The summed E-state index contributed by atoms with van der Waals surface area (Å²) in [7, 11) is 0. The van der Waals surface area contributed by atoms with Crippen molar-refractivity contribution in [1.29, 1.82) is 0 Å². The number of rotatable bonds is 5. The highest BCUT2D eigenvalue weighted by Gasteiger charge is 2.28. The molecule has 90 valence electrons. The quantitative estimate of drug-likeness (QED) is 0.527. The zero-order chi connectivity index (χ0) is 12.2. The van der Waals surface area contributed by atoms with Crippen molar-refractivity contribution in [1.82, 2.24) is 9.97 Å². The van der Waals surface area contributed by atoms with Crippen LogP contribution in [0.1, 0.15) is 11.4 Å². The third-order valence-corrected chi connectivity index (χ3v) is 2.49. The summed E-state index contributed by atoms with van der Waals surface area (Å²) >= 11 is 0. The van der Waals surface area contributed by atoms with Crippen molar-refractivity contribution in [3.05, 3.63) is 17.6 Å². The van der Waals surface area contributed by atoms with E-state index < -0.39 is 25.4 Å². The minimum atomic E-state index is -1.17. The van der Waals surface area contributed by atoms with Crippen molar-refractivity contribution < 1.29 is 15.3 Å². The molecule has 0 radical (unpaired) electrons. The lowest BCUT2D eigenvalue weighted by Crippen LogP contribution is -2.49. The molecule has 16 heavy (non-hydrogen) atoms. The van der Waals surface area contributed by atoms with E-state index in [4.69, 9.17) is 15.3 Å². The van der Waals surface area contributed by atoms with Crippen LogP contribution in [0, 0.1) is 13.8 Å². The second-order valence-corrected chi connectivity index (χ2v) is 3.81. The van der Waals surface area contributed by atoms with Gasteiger partial charge in [-0.1, -0.05) is 0 Å². The van der Waals surface area contributed by atoms with Crippen LogP contribution in [0.25, 0.3) is 0 Å². The first-order valence-corrected chi connectivity index (χ1v) is 4.98. The number of hydrogen-bond donors (Lipinski definition) is 4. The number of hydrogen-bond acceptors (Lipinski definition) is 6. The SMILES string of the molecule is Cc1ncc(NC(CO)(CO)CO)nc1C. The molecule has 0 aliphatic heterocycles. The van der Waals surface area contributed by atoms with Crippen molar-refractivity contribution >= 4 is 5.82 Å². The molecule has 0 aliphatic rings. The third kappa shape index (κ3) is 2.66. The fourth-order valence-corrected chi connectivity index (χ4v) is 1.14. The summed E-state index contributed by atoms with van der Waals surface area (Å²) in [5, 5.41) is 30.2. The van der Waals surface area contributed by atoms with Crippen LogP contribution in [-0.4, -0.2) is 50.6 Å². The predicted octanol–water partition coefficient (Wildman–Crippen LogP) is -0.779. The summed E-state index contributed by atoms with van der Waals surface area (Å²) < 4.78 is 0. The fourth-order valence-electron chi connectivity index (χ4n) is 1.14. The average Bonchev–Trinajstić information content (AvgIpc) is 2.31. The summed E-state index contributed by atoms with van der Waals surface area (Å²) in [4.78, 5) is 8.29. The smallest absolute Gasteiger partial charge is 0.145 e. The third-order valence-electron chi connectivity index (χ3n) is 2.49. The van der Waals surface area contributed by atoms with Gasteiger partial charge >= 0.3 is 0 Å². The Balaban J connectivity index is 2.89. The summed E-state index contributed by atoms with van der Waals surface area (Å²) in [5.74, 6) is 0.417. The zero-order valence-corrected chi connectivity index (χ0v) is 9.43.